The van der Waals surface area contributed by atoms with Gasteiger partial charge in [-0.2, -0.15) is 0 Å². The number of halogens is 2. The second kappa shape index (κ2) is 15.2. The first-order valence-corrected chi connectivity index (χ1v) is 16.2. The summed E-state index contributed by atoms with van der Waals surface area (Å²) in [5.74, 6) is -0.468. The summed E-state index contributed by atoms with van der Waals surface area (Å²) >= 11 is 12.4. The predicted molar refractivity (Wildman–Crippen MR) is 167 cm³/mol. The van der Waals surface area contributed by atoms with Crippen molar-refractivity contribution in [1.82, 2.24) is 10.2 Å². The van der Waals surface area contributed by atoms with Crippen molar-refractivity contribution in [1.29, 1.82) is 0 Å². The first-order valence-electron chi connectivity index (χ1n) is 13.6. The summed E-state index contributed by atoms with van der Waals surface area (Å²) in [6.07, 6.45) is 2.45. The van der Waals surface area contributed by atoms with Crippen LogP contribution >= 0.6 is 23.2 Å². The number of hydrogen-bond donors (Lipinski definition) is 1. The van der Waals surface area contributed by atoms with E-state index in [1.54, 1.807) is 11.0 Å². The highest BCUT2D eigenvalue weighted by atomic mass is 35.5. The standard InChI is InChI=1S/C31H37Cl2N3O4S/c1-4-17-34-31(38)29(20-24-11-6-5-7-12-24)35(22-25-13-8-10-23(2)19-25)30(37)14-9-18-36(41(3,39)40)28-21-26(32)15-16-27(28)33/h5-8,10-13,15-16,19,21,29H,4,9,14,17-18,20,22H2,1-3H3,(H,34,38)/t29-/m1/s1. The van der Waals surface area contributed by atoms with Gasteiger partial charge in [-0.25, -0.2) is 8.42 Å². The molecule has 1 atom stereocenters. The van der Waals surface area contributed by atoms with Crippen molar-refractivity contribution in [2.24, 2.45) is 0 Å². The molecule has 3 rings (SSSR count). The molecule has 0 spiro atoms. The fraction of sp³-hybridized carbons (Fsp3) is 0.355. The average molecular weight is 619 g/mol. The van der Waals surface area contributed by atoms with Crippen molar-refractivity contribution in [3.05, 3.63) is 99.5 Å². The maximum atomic E-state index is 13.9. The second-order valence-electron chi connectivity index (χ2n) is 10.0. The van der Waals surface area contributed by atoms with Crippen LogP contribution in [0.1, 0.15) is 42.9 Å². The van der Waals surface area contributed by atoms with Gasteiger partial charge in [0, 0.05) is 37.5 Å². The number of sulfonamides is 1. The molecule has 0 heterocycles. The topological polar surface area (TPSA) is 86.8 Å². The first kappa shape index (κ1) is 32.4. The van der Waals surface area contributed by atoms with Crippen LogP contribution in [-0.4, -0.2) is 50.5 Å². The molecule has 0 bridgehead atoms. The van der Waals surface area contributed by atoms with Gasteiger partial charge in [-0.05, 0) is 49.1 Å². The number of aryl methyl sites for hydroxylation is 1. The number of benzene rings is 3. The van der Waals surface area contributed by atoms with E-state index in [2.05, 4.69) is 5.32 Å². The molecule has 0 fully saturated rings. The van der Waals surface area contributed by atoms with Crippen LogP contribution in [0.4, 0.5) is 5.69 Å². The summed E-state index contributed by atoms with van der Waals surface area (Å²) in [7, 11) is -3.71. The Hall–Kier alpha value is -3.07. The summed E-state index contributed by atoms with van der Waals surface area (Å²) in [6.45, 7) is 4.72. The molecule has 0 saturated heterocycles. The molecule has 7 nitrogen and oxygen atoms in total. The van der Waals surface area contributed by atoms with Crippen molar-refractivity contribution < 1.29 is 18.0 Å². The van der Waals surface area contributed by atoms with Crippen LogP contribution < -0.4 is 9.62 Å². The molecule has 220 valence electrons. The average Bonchev–Trinajstić information content (AvgIpc) is 2.93. The van der Waals surface area contributed by atoms with Crippen LogP contribution in [0, 0.1) is 6.92 Å². The minimum atomic E-state index is -3.71. The lowest BCUT2D eigenvalue weighted by Gasteiger charge is -2.32. The smallest absolute Gasteiger partial charge is 0.243 e. The quantitative estimate of drug-likeness (QED) is 0.240. The predicted octanol–water partition coefficient (Wildman–Crippen LogP) is 6.01. The van der Waals surface area contributed by atoms with E-state index >= 15 is 0 Å². The maximum absolute atomic E-state index is 13.9. The van der Waals surface area contributed by atoms with Gasteiger partial charge in [0.15, 0.2) is 0 Å². The van der Waals surface area contributed by atoms with Crippen molar-refractivity contribution in [2.45, 2.75) is 52.1 Å². The Balaban J connectivity index is 1.89. The van der Waals surface area contributed by atoms with Crippen molar-refractivity contribution in [3.8, 4) is 0 Å². The van der Waals surface area contributed by atoms with E-state index in [0.29, 0.717) is 18.0 Å². The molecule has 3 aromatic carbocycles. The first-order chi connectivity index (χ1) is 19.5. The molecule has 0 saturated carbocycles. The van der Waals surface area contributed by atoms with Crippen LogP contribution in [-0.2, 0) is 32.6 Å². The van der Waals surface area contributed by atoms with Gasteiger partial charge in [-0.15, -0.1) is 0 Å². The molecule has 0 unspecified atom stereocenters. The molecule has 0 aliphatic heterocycles. The Morgan fingerprint density at radius 2 is 1.66 bits per heavy atom. The van der Waals surface area contributed by atoms with E-state index in [1.807, 2.05) is 68.4 Å². The van der Waals surface area contributed by atoms with E-state index in [1.165, 1.54) is 12.1 Å². The van der Waals surface area contributed by atoms with Crippen molar-refractivity contribution in [2.75, 3.05) is 23.7 Å². The summed E-state index contributed by atoms with van der Waals surface area (Å²) in [6, 6.07) is 21.3. The Bertz CT molecular complexity index is 1430. The second-order valence-corrected chi connectivity index (χ2v) is 12.8. The highest BCUT2D eigenvalue weighted by Gasteiger charge is 2.30. The van der Waals surface area contributed by atoms with E-state index in [9.17, 15) is 18.0 Å². The number of amides is 2. The lowest BCUT2D eigenvalue weighted by Crippen LogP contribution is -2.50. The number of anilines is 1. The third-order valence-electron chi connectivity index (χ3n) is 6.58. The molecular formula is C31H37Cl2N3O4S. The van der Waals surface area contributed by atoms with E-state index in [-0.39, 0.29) is 48.5 Å². The van der Waals surface area contributed by atoms with Gasteiger partial charge < -0.3 is 10.2 Å². The largest absolute Gasteiger partial charge is 0.354 e. The van der Waals surface area contributed by atoms with E-state index in [4.69, 9.17) is 23.2 Å². The Morgan fingerprint density at radius 3 is 2.32 bits per heavy atom. The van der Waals surface area contributed by atoms with Crippen LogP contribution in [0.25, 0.3) is 0 Å². The number of hydrogen-bond acceptors (Lipinski definition) is 4. The Kier molecular flexibility index (Phi) is 12.1. The molecular weight excluding hydrogens is 581 g/mol. The van der Waals surface area contributed by atoms with Gasteiger partial charge in [0.2, 0.25) is 21.8 Å². The normalized spacial score (nSPS) is 12.0. The molecule has 1 N–H and O–H groups in total. The van der Waals surface area contributed by atoms with Crippen molar-refractivity contribution in [3.63, 3.8) is 0 Å². The van der Waals surface area contributed by atoms with Crippen LogP contribution in [0.5, 0.6) is 0 Å². The summed E-state index contributed by atoms with van der Waals surface area (Å²) < 4.78 is 26.5. The third kappa shape index (κ3) is 9.76. The number of nitrogens with zero attached hydrogens (tertiary/aromatic N) is 2. The van der Waals surface area contributed by atoms with Gasteiger partial charge in [0.1, 0.15) is 6.04 Å². The summed E-state index contributed by atoms with van der Waals surface area (Å²) in [5, 5.41) is 3.55. The summed E-state index contributed by atoms with van der Waals surface area (Å²) in [4.78, 5) is 28.9. The number of nitrogens with one attached hydrogen (secondary N) is 1. The molecule has 0 aliphatic rings. The van der Waals surface area contributed by atoms with E-state index < -0.39 is 16.1 Å². The van der Waals surface area contributed by atoms with Crippen molar-refractivity contribution >= 4 is 50.7 Å². The fourth-order valence-corrected chi connectivity index (χ4v) is 5.99. The van der Waals surface area contributed by atoms with Crippen LogP contribution in [0.2, 0.25) is 10.0 Å². The zero-order valence-electron chi connectivity index (χ0n) is 23.6. The van der Waals surface area contributed by atoms with E-state index in [0.717, 1.165) is 33.7 Å². The highest BCUT2D eigenvalue weighted by Crippen LogP contribution is 2.31. The zero-order valence-corrected chi connectivity index (χ0v) is 26.0. The zero-order chi connectivity index (χ0) is 30.0. The Morgan fingerprint density at radius 1 is 0.951 bits per heavy atom. The number of rotatable bonds is 14. The Labute approximate surface area is 253 Å². The monoisotopic (exact) mass is 617 g/mol. The molecule has 0 aromatic heterocycles. The molecule has 0 radical (unpaired) electrons. The molecule has 41 heavy (non-hydrogen) atoms. The van der Waals surface area contributed by atoms with Gasteiger partial charge >= 0.3 is 0 Å². The fourth-order valence-electron chi connectivity index (χ4n) is 4.59. The number of carbonyl (C=O) groups excluding carboxylic acids is 2. The SMILES string of the molecule is CCCNC(=O)[C@@H](Cc1ccccc1)N(Cc1cccc(C)c1)C(=O)CCCN(c1cc(Cl)ccc1Cl)S(C)(=O)=O. The minimum absolute atomic E-state index is 0.0221. The van der Waals surface area contributed by atoms with Crippen LogP contribution in [0.15, 0.2) is 72.8 Å². The highest BCUT2D eigenvalue weighted by molar-refractivity contribution is 7.92. The lowest BCUT2D eigenvalue weighted by atomic mass is 10.0. The lowest BCUT2D eigenvalue weighted by molar-refractivity contribution is -0.141. The summed E-state index contributed by atoms with van der Waals surface area (Å²) in [5.41, 5.74) is 3.15. The molecule has 10 heteroatoms. The number of carbonyl (C=O) groups is 2. The van der Waals surface area contributed by atoms with Crippen LogP contribution in [0.3, 0.4) is 0 Å². The molecule has 3 aromatic rings. The maximum Gasteiger partial charge on any atom is 0.243 e. The minimum Gasteiger partial charge on any atom is -0.354 e. The van der Waals surface area contributed by atoms with Gasteiger partial charge in [-0.3, -0.25) is 13.9 Å². The van der Waals surface area contributed by atoms with Gasteiger partial charge in [0.25, 0.3) is 0 Å². The van der Waals surface area contributed by atoms with Gasteiger partial charge in [0.05, 0.1) is 17.0 Å². The molecule has 2 amide bonds. The van der Waals surface area contributed by atoms with Gasteiger partial charge in [-0.1, -0.05) is 90.3 Å². The molecule has 0 aliphatic carbocycles. The third-order valence-corrected chi connectivity index (χ3v) is 8.32.